The van der Waals surface area contributed by atoms with Gasteiger partial charge in [0, 0.05) is 18.1 Å². The topological polar surface area (TPSA) is 34.1 Å². The monoisotopic (exact) mass is 188 g/mol. The number of hydrogen-bond donors (Lipinski definition) is 1. The summed E-state index contributed by atoms with van der Waals surface area (Å²) in [5.41, 5.74) is 0. The van der Waals surface area contributed by atoms with Crippen molar-refractivity contribution in [1.29, 1.82) is 0 Å². The Morgan fingerprint density at radius 3 is 2.42 bits per heavy atom. The van der Waals surface area contributed by atoms with Gasteiger partial charge in [0.1, 0.15) is 12.1 Å². The van der Waals surface area contributed by atoms with Gasteiger partial charge in [0.25, 0.3) is 0 Å². The van der Waals surface area contributed by atoms with E-state index in [1.54, 1.807) is 0 Å². The first-order valence-corrected chi connectivity index (χ1v) is 4.81. The Kier molecular flexibility index (Phi) is 6.07. The zero-order chi connectivity index (χ0) is 9.56. The van der Waals surface area contributed by atoms with Gasteiger partial charge in [-0.3, -0.25) is 4.79 Å². The van der Waals surface area contributed by atoms with Gasteiger partial charge in [-0.2, -0.15) is 12.6 Å². The third-order valence-electron chi connectivity index (χ3n) is 1.63. The van der Waals surface area contributed by atoms with Crippen LogP contribution >= 0.6 is 12.6 Å². The van der Waals surface area contributed by atoms with Crippen LogP contribution in [-0.4, -0.2) is 17.8 Å². The lowest BCUT2D eigenvalue weighted by Gasteiger charge is -2.10. The summed E-state index contributed by atoms with van der Waals surface area (Å²) in [6, 6.07) is 0. The molecule has 0 aromatic rings. The van der Waals surface area contributed by atoms with Crippen LogP contribution in [0.15, 0.2) is 0 Å². The van der Waals surface area contributed by atoms with Crippen molar-refractivity contribution in [2.75, 3.05) is 5.75 Å². The van der Waals surface area contributed by atoms with Gasteiger partial charge in [-0.1, -0.05) is 13.8 Å². The molecule has 0 aliphatic heterocycles. The van der Waals surface area contributed by atoms with Crippen LogP contribution in [0, 0.1) is 11.8 Å². The molecule has 0 aromatic heterocycles. The van der Waals surface area contributed by atoms with Gasteiger partial charge >= 0.3 is 0 Å². The summed E-state index contributed by atoms with van der Waals surface area (Å²) >= 11 is 3.85. The zero-order valence-corrected chi connectivity index (χ0v) is 8.51. The molecule has 70 valence electrons. The Morgan fingerprint density at radius 1 is 1.50 bits per heavy atom. The lowest BCUT2D eigenvalue weighted by Crippen LogP contribution is -2.13. The molecule has 1 atom stereocenters. The van der Waals surface area contributed by atoms with Gasteiger partial charge in [0.15, 0.2) is 0 Å². The fraction of sp³-hybridized carbons (Fsp3) is 0.778. The van der Waals surface area contributed by atoms with Crippen LogP contribution in [0.5, 0.6) is 0 Å². The highest BCUT2D eigenvalue weighted by Crippen LogP contribution is 2.13. The molecular weight excluding hydrogens is 172 g/mol. The molecule has 0 aromatic carbocycles. The van der Waals surface area contributed by atoms with E-state index >= 15 is 0 Å². The smallest absolute Gasteiger partial charge is 0.143 e. The highest BCUT2D eigenvalue weighted by molar-refractivity contribution is 7.81. The first-order chi connectivity index (χ1) is 5.60. The molecule has 0 saturated heterocycles. The molecule has 0 bridgehead atoms. The van der Waals surface area contributed by atoms with Crippen molar-refractivity contribution in [2.45, 2.75) is 26.7 Å². The molecule has 3 heteroatoms. The molecule has 0 saturated carbocycles. The van der Waals surface area contributed by atoms with E-state index in [-0.39, 0.29) is 17.5 Å². The maximum atomic E-state index is 10.9. The largest absolute Gasteiger partial charge is 0.303 e. The first kappa shape index (κ1) is 11.7. The summed E-state index contributed by atoms with van der Waals surface area (Å²) < 4.78 is 0. The molecule has 0 heterocycles. The molecule has 0 spiro atoms. The third kappa shape index (κ3) is 5.35. The average Bonchev–Trinajstić information content (AvgIpc) is 2.02. The standard InChI is InChI=1S/C9H16O2S/c1-7(2)3-8(5-10)4-9(11)6-12/h5,7-8,12H,3-4,6H2,1-2H3/t8-/m1/s1. The summed E-state index contributed by atoms with van der Waals surface area (Å²) in [5, 5.41) is 0. The highest BCUT2D eigenvalue weighted by Gasteiger charge is 2.13. The Bertz CT molecular complexity index is 155. The SMILES string of the molecule is CC(C)C[C@@H](C=O)CC(=O)CS. The van der Waals surface area contributed by atoms with E-state index in [2.05, 4.69) is 12.6 Å². The van der Waals surface area contributed by atoms with Crippen molar-refractivity contribution in [3.05, 3.63) is 0 Å². The number of hydrogen-bond acceptors (Lipinski definition) is 3. The van der Waals surface area contributed by atoms with Crippen molar-refractivity contribution in [3.63, 3.8) is 0 Å². The quantitative estimate of drug-likeness (QED) is 0.509. The van der Waals surface area contributed by atoms with Crippen LogP contribution in [0.2, 0.25) is 0 Å². The van der Waals surface area contributed by atoms with Crippen LogP contribution in [0.3, 0.4) is 0 Å². The second kappa shape index (κ2) is 6.23. The predicted octanol–water partition coefficient (Wildman–Crippen LogP) is 1.74. The van der Waals surface area contributed by atoms with E-state index in [1.807, 2.05) is 13.8 Å². The van der Waals surface area contributed by atoms with Crippen molar-refractivity contribution < 1.29 is 9.59 Å². The fourth-order valence-corrected chi connectivity index (χ4v) is 1.28. The van der Waals surface area contributed by atoms with Crippen molar-refractivity contribution in [1.82, 2.24) is 0 Å². The minimum atomic E-state index is -0.107. The van der Waals surface area contributed by atoms with E-state index in [4.69, 9.17) is 0 Å². The number of thiol groups is 1. The first-order valence-electron chi connectivity index (χ1n) is 4.18. The van der Waals surface area contributed by atoms with Crippen molar-refractivity contribution in [2.24, 2.45) is 11.8 Å². The van der Waals surface area contributed by atoms with Crippen LogP contribution in [-0.2, 0) is 9.59 Å². The van der Waals surface area contributed by atoms with E-state index in [9.17, 15) is 9.59 Å². The Labute approximate surface area is 79.1 Å². The van der Waals surface area contributed by atoms with Gasteiger partial charge in [-0.05, 0) is 12.3 Å². The molecular formula is C9H16O2S. The van der Waals surface area contributed by atoms with E-state index in [1.165, 1.54) is 0 Å². The Balaban J connectivity index is 3.82. The van der Waals surface area contributed by atoms with Crippen LogP contribution in [0.25, 0.3) is 0 Å². The van der Waals surface area contributed by atoms with Gasteiger partial charge in [0.2, 0.25) is 0 Å². The average molecular weight is 188 g/mol. The van der Waals surface area contributed by atoms with E-state index in [0.29, 0.717) is 12.3 Å². The molecule has 0 unspecified atom stereocenters. The van der Waals surface area contributed by atoms with Crippen molar-refractivity contribution in [3.8, 4) is 0 Å². The van der Waals surface area contributed by atoms with Gasteiger partial charge < -0.3 is 4.79 Å². The summed E-state index contributed by atoms with van der Waals surface area (Å²) in [7, 11) is 0. The Morgan fingerprint density at radius 2 is 2.08 bits per heavy atom. The van der Waals surface area contributed by atoms with Crippen LogP contribution < -0.4 is 0 Å². The summed E-state index contributed by atoms with van der Waals surface area (Å²) in [6.45, 7) is 4.09. The summed E-state index contributed by atoms with van der Waals surface area (Å²) in [6.07, 6.45) is 2.02. The molecule has 0 N–H and O–H groups in total. The summed E-state index contributed by atoms with van der Waals surface area (Å²) in [4.78, 5) is 21.4. The molecule has 0 amide bonds. The normalized spacial score (nSPS) is 13.0. The van der Waals surface area contributed by atoms with Gasteiger partial charge in [-0.25, -0.2) is 0 Å². The number of Topliss-reactive ketones (excluding diaryl/α,β-unsaturated/α-hetero) is 1. The van der Waals surface area contributed by atoms with E-state index in [0.717, 1.165) is 12.7 Å². The second-order valence-corrected chi connectivity index (χ2v) is 3.74. The predicted molar refractivity (Wildman–Crippen MR) is 52.5 cm³/mol. The minimum absolute atomic E-state index is 0.0519. The zero-order valence-electron chi connectivity index (χ0n) is 7.62. The molecule has 0 aliphatic rings. The molecule has 0 rings (SSSR count). The fourth-order valence-electron chi connectivity index (χ4n) is 1.15. The number of carbonyl (C=O) groups excluding carboxylic acids is 2. The van der Waals surface area contributed by atoms with E-state index < -0.39 is 0 Å². The van der Waals surface area contributed by atoms with Gasteiger partial charge in [-0.15, -0.1) is 0 Å². The summed E-state index contributed by atoms with van der Waals surface area (Å²) in [5.74, 6) is 0.649. The van der Waals surface area contributed by atoms with Crippen LogP contribution in [0.1, 0.15) is 26.7 Å². The number of carbonyl (C=O) groups is 2. The highest BCUT2D eigenvalue weighted by atomic mass is 32.1. The molecule has 0 fully saturated rings. The Hall–Kier alpha value is -0.310. The van der Waals surface area contributed by atoms with Crippen molar-refractivity contribution >= 4 is 24.7 Å². The molecule has 0 aliphatic carbocycles. The lowest BCUT2D eigenvalue weighted by atomic mass is 9.94. The number of ketones is 1. The van der Waals surface area contributed by atoms with Crippen LogP contribution in [0.4, 0.5) is 0 Å². The number of rotatable bonds is 6. The maximum Gasteiger partial charge on any atom is 0.143 e. The molecule has 2 nitrogen and oxygen atoms in total. The lowest BCUT2D eigenvalue weighted by molar-refractivity contribution is -0.121. The maximum absolute atomic E-state index is 10.9. The van der Waals surface area contributed by atoms with Gasteiger partial charge in [0.05, 0.1) is 0 Å². The minimum Gasteiger partial charge on any atom is -0.303 e. The second-order valence-electron chi connectivity index (χ2n) is 3.43. The molecule has 12 heavy (non-hydrogen) atoms. The molecule has 0 radical (unpaired) electrons. The third-order valence-corrected chi connectivity index (χ3v) is 1.99. The number of aldehydes is 1.